The van der Waals surface area contributed by atoms with Crippen LogP contribution in [-0.4, -0.2) is 38.3 Å². The van der Waals surface area contributed by atoms with Gasteiger partial charge in [0.05, 0.1) is 30.3 Å². The van der Waals surface area contributed by atoms with E-state index in [0.717, 1.165) is 34.3 Å². The number of imidazole rings is 1. The Labute approximate surface area is 158 Å². The number of fused-ring (bicyclic) bond motifs is 2. The molecule has 0 aliphatic carbocycles. The van der Waals surface area contributed by atoms with Crippen molar-refractivity contribution in [2.24, 2.45) is 5.73 Å². The van der Waals surface area contributed by atoms with Crippen LogP contribution >= 0.6 is 24.8 Å². The maximum Gasteiger partial charge on any atom is 0.240 e. The molecular formula is C17H21Cl2N5O. The molecule has 4 rings (SSSR count). The summed E-state index contributed by atoms with van der Waals surface area (Å²) < 4.78 is 0. The second-order valence-corrected chi connectivity index (χ2v) is 6.01. The van der Waals surface area contributed by atoms with E-state index in [4.69, 9.17) is 5.73 Å². The highest BCUT2D eigenvalue weighted by Crippen LogP contribution is 2.20. The van der Waals surface area contributed by atoms with Crippen molar-refractivity contribution < 1.29 is 4.79 Å². The fourth-order valence-electron chi connectivity index (χ4n) is 3.26. The van der Waals surface area contributed by atoms with E-state index in [2.05, 4.69) is 21.0 Å². The Balaban J connectivity index is 0.00000113. The van der Waals surface area contributed by atoms with Gasteiger partial charge in [0.15, 0.2) is 0 Å². The molecule has 0 fully saturated rings. The molecule has 1 aliphatic heterocycles. The summed E-state index contributed by atoms with van der Waals surface area (Å²) in [6.07, 6.45) is 4.95. The number of rotatable bonds is 3. The monoisotopic (exact) mass is 381 g/mol. The van der Waals surface area contributed by atoms with Crippen LogP contribution in [0.4, 0.5) is 0 Å². The highest BCUT2D eigenvalue weighted by atomic mass is 35.5. The third kappa shape index (κ3) is 3.66. The van der Waals surface area contributed by atoms with E-state index in [1.54, 1.807) is 6.33 Å². The van der Waals surface area contributed by atoms with Gasteiger partial charge in [-0.3, -0.25) is 4.79 Å². The molecule has 3 heterocycles. The van der Waals surface area contributed by atoms with Crippen molar-refractivity contribution in [1.29, 1.82) is 0 Å². The van der Waals surface area contributed by atoms with E-state index in [0.29, 0.717) is 19.5 Å². The average Bonchev–Trinajstić information content (AvgIpc) is 3.20. The fraction of sp³-hybridized carbons (Fsp3) is 0.294. The topological polar surface area (TPSA) is 90.8 Å². The largest absolute Gasteiger partial charge is 0.361 e. The van der Waals surface area contributed by atoms with Gasteiger partial charge in [-0.05, 0) is 18.1 Å². The minimum Gasteiger partial charge on any atom is -0.361 e. The van der Waals surface area contributed by atoms with Gasteiger partial charge in [0, 0.05) is 30.1 Å². The van der Waals surface area contributed by atoms with Gasteiger partial charge < -0.3 is 20.6 Å². The van der Waals surface area contributed by atoms with Crippen LogP contribution in [0.5, 0.6) is 0 Å². The zero-order chi connectivity index (χ0) is 15.8. The van der Waals surface area contributed by atoms with Crippen molar-refractivity contribution in [2.45, 2.75) is 25.4 Å². The molecule has 2 aromatic heterocycles. The maximum atomic E-state index is 12.6. The van der Waals surface area contributed by atoms with Crippen LogP contribution in [-0.2, 0) is 24.2 Å². The molecule has 8 heteroatoms. The molecule has 0 saturated carbocycles. The lowest BCUT2D eigenvalue weighted by atomic mass is 10.0. The minimum absolute atomic E-state index is 0. The smallest absolute Gasteiger partial charge is 0.240 e. The van der Waals surface area contributed by atoms with Gasteiger partial charge >= 0.3 is 0 Å². The van der Waals surface area contributed by atoms with Gasteiger partial charge in [-0.1, -0.05) is 18.2 Å². The number of nitrogens with two attached hydrogens (primary N) is 1. The zero-order valence-corrected chi connectivity index (χ0v) is 15.2. The highest BCUT2D eigenvalue weighted by Gasteiger charge is 2.26. The van der Waals surface area contributed by atoms with Crippen LogP contribution in [0.2, 0.25) is 0 Å². The van der Waals surface area contributed by atoms with Crippen LogP contribution in [0, 0.1) is 0 Å². The number of aromatic amines is 2. The number of hydrogen-bond acceptors (Lipinski definition) is 3. The first-order valence-electron chi connectivity index (χ1n) is 7.83. The minimum atomic E-state index is -0.529. The molecule has 1 aromatic carbocycles. The molecule has 1 amide bonds. The van der Waals surface area contributed by atoms with E-state index in [-0.39, 0.29) is 30.7 Å². The first-order chi connectivity index (χ1) is 11.2. The number of aromatic nitrogens is 3. The molecule has 3 aromatic rings. The predicted molar refractivity (Wildman–Crippen MR) is 102 cm³/mol. The molecule has 0 radical (unpaired) electrons. The summed E-state index contributed by atoms with van der Waals surface area (Å²) in [7, 11) is 0. The Morgan fingerprint density at radius 1 is 1.28 bits per heavy atom. The Kier molecular flexibility index (Phi) is 6.11. The first-order valence-corrected chi connectivity index (χ1v) is 7.83. The maximum absolute atomic E-state index is 12.6. The van der Waals surface area contributed by atoms with E-state index >= 15 is 0 Å². The van der Waals surface area contributed by atoms with Crippen molar-refractivity contribution in [3.63, 3.8) is 0 Å². The molecule has 1 atom stereocenters. The molecule has 0 spiro atoms. The third-order valence-corrected chi connectivity index (χ3v) is 4.52. The summed E-state index contributed by atoms with van der Waals surface area (Å²) in [5.41, 5.74) is 10.4. The van der Waals surface area contributed by atoms with Crippen LogP contribution in [0.3, 0.4) is 0 Å². The Bertz CT molecular complexity index is 859. The zero-order valence-electron chi connectivity index (χ0n) is 13.6. The van der Waals surface area contributed by atoms with Crippen LogP contribution in [0.15, 0.2) is 36.8 Å². The summed E-state index contributed by atoms with van der Waals surface area (Å²) in [6.45, 7) is 1.24. The molecular weight excluding hydrogens is 361 g/mol. The Morgan fingerprint density at radius 2 is 2.08 bits per heavy atom. The number of hydrogen-bond donors (Lipinski definition) is 3. The molecule has 0 bridgehead atoms. The van der Waals surface area contributed by atoms with Gasteiger partial charge in [0.1, 0.15) is 0 Å². The number of halogens is 2. The number of amides is 1. The summed E-state index contributed by atoms with van der Waals surface area (Å²) in [4.78, 5) is 25.1. The molecule has 1 aliphatic rings. The van der Waals surface area contributed by atoms with Gasteiger partial charge in [-0.25, -0.2) is 4.98 Å². The van der Waals surface area contributed by atoms with E-state index in [9.17, 15) is 4.79 Å². The van der Waals surface area contributed by atoms with Crippen LogP contribution < -0.4 is 5.73 Å². The average molecular weight is 382 g/mol. The first kappa shape index (κ1) is 19.3. The van der Waals surface area contributed by atoms with E-state index in [1.165, 1.54) is 0 Å². The summed E-state index contributed by atoms with van der Waals surface area (Å²) >= 11 is 0. The number of benzene rings is 1. The molecule has 134 valence electrons. The van der Waals surface area contributed by atoms with E-state index in [1.807, 2.05) is 29.3 Å². The number of carbonyl (C=O) groups is 1. The summed E-state index contributed by atoms with van der Waals surface area (Å²) in [5.74, 6) is -0.00414. The Morgan fingerprint density at radius 3 is 2.92 bits per heavy atom. The lowest BCUT2D eigenvalue weighted by Crippen LogP contribution is -2.46. The molecule has 0 saturated heterocycles. The second kappa shape index (κ2) is 7.91. The van der Waals surface area contributed by atoms with Crippen molar-refractivity contribution in [2.75, 3.05) is 6.54 Å². The van der Waals surface area contributed by atoms with Gasteiger partial charge in [-0.2, -0.15) is 0 Å². The van der Waals surface area contributed by atoms with Crippen molar-refractivity contribution in [1.82, 2.24) is 19.9 Å². The van der Waals surface area contributed by atoms with Gasteiger partial charge in [-0.15, -0.1) is 24.8 Å². The standard InChI is InChI=1S/C17H19N5O.2ClH/c18-13(7-11-8-19-14-4-2-1-3-12(11)14)17(23)22-6-5-15-16(9-22)21-10-20-15;;/h1-4,8,10,13,19H,5-7,9,18H2,(H,20,21);2*1H/t13-;;/m0../s1. The molecule has 25 heavy (non-hydrogen) atoms. The SMILES string of the molecule is Cl.Cl.N[C@@H](Cc1c[nH]c2ccccc12)C(=O)N1CCc2nc[nH]c2C1. The van der Waals surface area contributed by atoms with E-state index < -0.39 is 6.04 Å². The van der Waals surface area contributed by atoms with Crippen LogP contribution in [0.1, 0.15) is 17.0 Å². The lowest BCUT2D eigenvalue weighted by molar-refractivity contribution is -0.133. The highest BCUT2D eigenvalue weighted by molar-refractivity contribution is 5.86. The molecule has 0 unspecified atom stereocenters. The van der Waals surface area contributed by atoms with Crippen molar-refractivity contribution in [3.05, 3.63) is 53.7 Å². The quantitative estimate of drug-likeness (QED) is 0.649. The van der Waals surface area contributed by atoms with Gasteiger partial charge in [0.2, 0.25) is 5.91 Å². The number of H-pyrrole nitrogens is 2. The van der Waals surface area contributed by atoms with Crippen LogP contribution in [0.25, 0.3) is 10.9 Å². The lowest BCUT2D eigenvalue weighted by Gasteiger charge is -2.28. The normalized spacial score (nSPS) is 14.4. The molecule has 6 nitrogen and oxygen atoms in total. The number of carbonyl (C=O) groups excluding carboxylic acids is 1. The van der Waals surface area contributed by atoms with Gasteiger partial charge in [0.25, 0.3) is 0 Å². The predicted octanol–water partition coefficient (Wildman–Crippen LogP) is 2.19. The third-order valence-electron chi connectivity index (χ3n) is 4.52. The number of nitrogens with zero attached hydrogens (tertiary/aromatic N) is 2. The molecule has 4 N–H and O–H groups in total. The number of para-hydroxylation sites is 1. The fourth-order valence-corrected chi connectivity index (χ4v) is 3.26. The van der Waals surface area contributed by atoms with Crippen molar-refractivity contribution >= 4 is 41.6 Å². The summed E-state index contributed by atoms with van der Waals surface area (Å²) in [5, 5.41) is 1.13. The Hall–Kier alpha value is -2.02. The summed E-state index contributed by atoms with van der Waals surface area (Å²) in [6, 6.07) is 7.53. The number of nitrogens with one attached hydrogen (secondary N) is 2. The second-order valence-electron chi connectivity index (χ2n) is 6.01. The van der Waals surface area contributed by atoms with Crippen molar-refractivity contribution in [3.8, 4) is 0 Å².